The summed E-state index contributed by atoms with van der Waals surface area (Å²) in [5, 5.41) is 0. The molecule has 0 radical (unpaired) electrons. The van der Waals surface area contributed by atoms with Crippen molar-refractivity contribution in [1.29, 1.82) is 0 Å². The van der Waals surface area contributed by atoms with Crippen molar-refractivity contribution in [3.8, 4) is 0 Å². The minimum Gasteiger partial charge on any atom is -0.207 e. The molecule has 0 fully saturated rings. The zero-order valence-electron chi connectivity index (χ0n) is 7.76. The number of halogens is 1. The first-order valence-corrected chi connectivity index (χ1v) is 4.36. The number of rotatable bonds is 3. The molecule has 1 aromatic carbocycles. The third kappa shape index (κ3) is 2.55. The summed E-state index contributed by atoms with van der Waals surface area (Å²) in [6, 6.07) is 6.45. The van der Waals surface area contributed by atoms with Gasteiger partial charge in [-0.05, 0) is 29.7 Å². The van der Waals surface area contributed by atoms with Crippen LogP contribution in [0.25, 0.3) is 5.57 Å². The summed E-state index contributed by atoms with van der Waals surface area (Å²) in [7, 11) is 0. The normalized spacial score (nSPS) is 11.4. The summed E-state index contributed by atoms with van der Waals surface area (Å²) in [6.07, 6.45) is 4.82. The molecular formula is C12H13F. The number of benzene rings is 1. The third-order valence-corrected chi connectivity index (χ3v) is 1.82. The van der Waals surface area contributed by atoms with Gasteiger partial charge in [-0.25, -0.2) is 4.39 Å². The maximum atomic E-state index is 12.6. The van der Waals surface area contributed by atoms with E-state index in [2.05, 4.69) is 19.6 Å². The van der Waals surface area contributed by atoms with Gasteiger partial charge in [0, 0.05) is 0 Å². The second-order valence-corrected chi connectivity index (χ2v) is 2.78. The van der Waals surface area contributed by atoms with E-state index in [0.29, 0.717) is 0 Å². The lowest BCUT2D eigenvalue weighted by Crippen LogP contribution is -1.81. The van der Waals surface area contributed by atoms with Crippen LogP contribution in [0.4, 0.5) is 4.39 Å². The lowest BCUT2D eigenvalue weighted by atomic mass is 10.1. The van der Waals surface area contributed by atoms with Crippen molar-refractivity contribution in [3.63, 3.8) is 0 Å². The molecule has 0 heterocycles. The van der Waals surface area contributed by atoms with Crippen LogP contribution in [0.5, 0.6) is 0 Å². The number of hydrogen-bond acceptors (Lipinski definition) is 0. The van der Waals surface area contributed by atoms with Gasteiger partial charge in [-0.3, -0.25) is 0 Å². The van der Waals surface area contributed by atoms with E-state index in [-0.39, 0.29) is 5.82 Å². The minimum absolute atomic E-state index is 0.205. The molecule has 0 aliphatic carbocycles. The SMILES string of the molecule is C=C/C(=C\CC)c1ccc(F)cc1. The van der Waals surface area contributed by atoms with E-state index in [1.165, 1.54) is 12.1 Å². The topological polar surface area (TPSA) is 0 Å². The minimum atomic E-state index is -0.205. The molecule has 0 saturated heterocycles. The van der Waals surface area contributed by atoms with Gasteiger partial charge < -0.3 is 0 Å². The van der Waals surface area contributed by atoms with Crippen molar-refractivity contribution in [2.45, 2.75) is 13.3 Å². The van der Waals surface area contributed by atoms with E-state index in [1.807, 2.05) is 0 Å². The molecular weight excluding hydrogens is 163 g/mol. The highest BCUT2D eigenvalue weighted by atomic mass is 19.1. The fourth-order valence-electron chi connectivity index (χ4n) is 1.18. The first-order valence-electron chi connectivity index (χ1n) is 4.36. The Balaban J connectivity index is 2.99. The summed E-state index contributed by atoms with van der Waals surface area (Å²) in [5.74, 6) is -0.205. The predicted molar refractivity (Wildman–Crippen MR) is 54.9 cm³/mol. The van der Waals surface area contributed by atoms with Gasteiger partial charge in [0.1, 0.15) is 5.82 Å². The van der Waals surface area contributed by atoms with Gasteiger partial charge in [-0.15, -0.1) is 0 Å². The zero-order chi connectivity index (χ0) is 9.68. The molecule has 0 amide bonds. The maximum Gasteiger partial charge on any atom is 0.123 e. The van der Waals surface area contributed by atoms with E-state index in [4.69, 9.17) is 0 Å². The van der Waals surface area contributed by atoms with Crippen LogP contribution < -0.4 is 0 Å². The molecule has 0 N–H and O–H groups in total. The van der Waals surface area contributed by atoms with Crippen molar-refractivity contribution in [3.05, 3.63) is 54.4 Å². The fraction of sp³-hybridized carbons (Fsp3) is 0.167. The van der Waals surface area contributed by atoms with Gasteiger partial charge in [-0.2, -0.15) is 0 Å². The Morgan fingerprint density at radius 3 is 2.46 bits per heavy atom. The quantitative estimate of drug-likeness (QED) is 0.614. The highest BCUT2D eigenvalue weighted by molar-refractivity contribution is 5.73. The maximum absolute atomic E-state index is 12.6. The highest BCUT2D eigenvalue weighted by Gasteiger charge is 1.96. The van der Waals surface area contributed by atoms with Gasteiger partial charge in [0.25, 0.3) is 0 Å². The second kappa shape index (κ2) is 4.61. The Morgan fingerprint density at radius 1 is 1.38 bits per heavy atom. The first kappa shape index (κ1) is 9.72. The molecule has 0 aliphatic heterocycles. The van der Waals surface area contributed by atoms with Gasteiger partial charge >= 0.3 is 0 Å². The molecule has 0 atom stereocenters. The fourth-order valence-corrected chi connectivity index (χ4v) is 1.18. The Morgan fingerprint density at radius 2 is 2.00 bits per heavy atom. The highest BCUT2D eigenvalue weighted by Crippen LogP contribution is 2.16. The second-order valence-electron chi connectivity index (χ2n) is 2.78. The smallest absolute Gasteiger partial charge is 0.123 e. The molecule has 68 valence electrons. The van der Waals surface area contributed by atoms with Crippen LogP contribution in [0.3, 0.4) is 0 Å². The summed E-state index contributed by atoms with van der Waals surface area (Å²) in [6.45, 7) is 5.78. The van der Waals surface area contributed by atoms with Crippen LogP contribution >= 0.6 is 0 Å². The molecule has 0 aliphatic rings. The summed E-state index contributed by atoms with van der Waals surface area (Å²) in [5.41, 5.74) is 2.07. The molecule has 1 rings (SSSR count). The van der Waals surface area contributed by atoms with Crippen LogP contribution in [0.1, 0.15) is 18.9 Å². The monoisotopic (exact) mass is 176 g/mol. The molecule has 1 aromatic rings. The largest absolute Gasteiger partial charge is 0.207 e. The standard InChI is InChI=1S/C12H13F/c1-3-5-10(4-2)11-6-8-12(13)9-7-11/h4-9H,2-3H2,1H3/b10-5+. The van der Waals surface area contributed by atoms with Crippen LogP contribution in [-0.2, 0) is 0 Å². The van der Waals surface area contributed by atoms with Crippen molar-refractivity contribution in [2.75, 3.05) is 0 Å². The summed E-state index contributed by atoms with van der Waals surface area (Å²) < 4.78 is 12.6. The Bertz CT molecular complexity index is 306. The predicted octanol–water partition coefficient (Wildman–Crippen LogP) is 3.81. The molecule has 1 heteroatoms. The molecule has 0 saturated carbocycles. The Kier molecular flexibility index (Phi) is 3.44. The van der Waals surface area contributed by atoms with E-state index >= 15 is 0 Å². The molecule has 0 spiro atoms. The van der Waals surface area contributed by atoms with E-state index < -0.39 is 0 Å². The van der Waals surface area contributed by atoms with E-state index in [0.717, 1.165) is 17.6 Å². The van der Waals surface area contributed by atoms with Gasteiger partial charge in [-0.1, -0.05) is 37.8 Å². The van der Waals surface area contributed by atoms with Gasteiger partial charge in [0.05, 0.1) is 0 Å². The van der Waals surface area contributed by atoms with Gasteiger partial charge in [0.15, 0.2) is 0 Å². The zero-order valence-corrected chi connectivity index (χ0v) is 7.76. The lowest BCUT2D eigenvalue weighted by molar-refractivity contribution is 0.627. The number of hydrogen-bond donors (Lipinski definition) is 0. The average molecular weight is 176 g/mol. The van der Waals surface area contributed by atoms with Crippen LogP contribution in [-0.4, -0.2) is 0 Å². The van der Waals surface area contributed by atoms with Crippen molar-refractivity contribution < 1.29 is 4.39 Å². The molecule has 0 bridgehead atoms. The summed E-state index contributed by atoms with van der Waals surface area (Å²) >= 11 is 0. The first-order chi connectivity index (χ1) is 6.27. The third-order valence-electron chi connectivity index (χ3n) is 1.82. The summed E-state index contributed by atoms with van der Waals surface area (Å²) in [4.78, 5) is 0. The van der Waals surface area contributed by atoms with Gasteiger partial charge in [0.2, 0.25) is 0 Å². The Labute approximate surface area is 78.4 Å². The molecule has 0 aromatic heterocycles. The Hall–Kier alpha value is -1.37. The van der Waals surface area contributed by atoms with Crippen molar-refractivity contribution in [1.82, 2.24) is 0 Å². The molecule has 0 nitrogen and oxygen atoms in total. The van der Waals surface area contributed by atoms with E-state index in [9.17, 15) is 4.39 Å². The number of allylic oxidation sites excluding steroid dienone is 3. The average Bonchev–Trinajstić information content (AvgIpc) is 2.16. The molecule has 0 unspecified atom stereocenters. The van der Waals surface area contributed by atoms with Crippen molar-refractivity contribution >= 4 is 5.57 Å². The van der Waals surface area contributed by atoms with Crippen LogP contribution in [0.2, 0.25) is 0 Å². The lowest BCUT2D eigenvalue weighted by Gasteiger charge is -2.01. The van der Waals surface area contributed by atoms with Crippen molar-refractivity contribution in [2.24, 2.45) is 0 Å². The molecule has 13 heavy (non-hydrogen) atoms. The van der Waals surface area contributed by atoms with Crippen LogP contribution in [0.15, 0.2) is 43.0 Å². The van der Waals surface area contributed by atoms with Crippen LogP contribution in [0, 0.1) is 5.82 Å². The van der Waals surface area contributed by atoms with E-state index in [1.54, 1.807) is 18.2 Å².